The lowest BCUT2D eigenvalue weighted by Crippen LogP contribution is -2.23. The molecular weight excluding hydrogens is 204 g/mol. The van der Waals surface area contributed by atoms with Gasteiger partial charge < -0.3 is 9.67 Å². The highest BCUT2D eigenvalue weighted by molar-refractivity contribution is 5.54. The van der Waals surface area contributed by atoms with Crippen molar-refractivity contribution in [2.75, 3.05) is 0 Å². The van der Waals surface area contributed by atoms with Gasteiger partial charge in [0.15, 0.2) is 5.82 Å². The van der Waals surface area contributed by atoms with Crippen LogP contribution in [-0.2, 0) is 13.0 Å². The van der Waals surface area contributed by atoms with Gasteiger partial charge in [-0.1, -0.05) is 0 Å². The van der Waals surface area contributed by atoms with E-state index in [1.54, 1.807) is 12.4 Å². The molecule has 3 rings (SSSR count). The highest BCUT2D eigenvalue weighted by Crippen LogP contribution is 2.22. The molecule has 0 aromatic carbocycles. The molecule has 82 valence electrons. The van der Waals surface area contributed by atoms with Gasteiger partial charge in [-0.25, -0.2) is 0 Å². The zero-order valence-corrected chi connectivity index (χ0v) is 8.74. The first-order valence-corrected chi connectivity index (χ1v) is 5.35. The Labute approximate surface area is 92.8 Å². The van der Waals surface area contributed by atoms with Crippen LogP contribution < -0.4 is 0 Å². The Hall–Kier alpha value is -1.75. The summed E-state index contributed by atoms with van der Waals surface area (Å²) in [5, 5.41) is 17.8. The van der Waals surface area contributed by atoms with Crippen molar-refractivity contribution in [3.05, 3.63) is 30.4 Å². The van der Waals surface area contributed by atoms with Gasteiger partial charge in [-0.05, 0) is 18.6 Å². The SMILES string of the molecule is OC1CCn2c(nnc2-c2ccncc2)C1. The van der Waals surface area contributed by atoms with Gasteiger partial charge >= 0.3 is 0 Å². The Balaban J connectivity index is 2.04. The van der Waals surface area contributed by atoms with E-state index in [4.69, 9.17) is 0 Å². The molecule has 16 heavy (non-hydrogen) atoms. The number of fused-ring (bicyclic) bond motifs is 1. The third kappa shape index (κ3) is 1.49. The third-order valence-corrected chi connectivity index (χ3v) is 2.87. The summed E-state index contributed by atoms with van der Waals surface area (Å²) in [6, 6.07) is 3.84. The van der Waals surface area contributed by atoms with E-state index in [9.17, 15) is 5.11 Å². The number of rotatable bonds is 1. The first-order valence-electron chi connectivity index (χ1n) is 5.35. The van der Waals surface area contributed by atoms with Gasteiger partial charge in [0.25, 0.3) is 0 Å². The summed E-state index contributed by atoms with van der Waals surface area (Å²) < 4.78 is 2.07. The van der Waals surface area contributed by atoms with Crippen LogP contribution in [0.15, 0.2) is 24.5 Å². The fourth-order valence-electron chi connectivity index (χ4n) is 2.03. The Bertz CT molecular complexity index is 494. The monoisotopic (exact) mass is 216 g/mol. The minimum absolute atomic E-state index is 0.276. The molecule has 3 heterocycles. The first kappa shape index (κ1) is 9.47. The predicted molar refractivity (Wildman–Crippen MR) is 57.6 cm³/mol. The molecule has 0 spiro atoms. The zero-order valence-electron chi connectivity index (χ0n) is 8.74. The van der Waals surface area contributed by atoms with Crippen molar-refractivity contribution >= 4 is 0 Å². The van der Waals surface area contributed by atoms with E-state index in [1.807, 2.05) is 12.1 Å². The Morgan fingerprint density at radius 1 is 1.25 bits per heavy atom. The maximum atomic E-state index is 9.54. The van der Waals surface area contributed by atoms with E-state index in [0.717, 1.165) is 30.2 Å². The largest absolute Gasteiger partial charge is 0.393 e. The molecule has 1 unspecified atom stereocenters. The standard InChI is InChI=1S/C11H12N4O/c16-9-3-6-15-10(7-9)13-14-11(15)8-1-4-12-5-2-8/h1-2,4-5,9,16H,3,6-7H2. The van der Waals surface area contributed by atoms with E-state index in [-0.39, 0.29) is 6.10 Å². The van der Waals surface area contributed by atoms with Crippen LogP contribution in [0.3, 0.4) is 0 Å². The molecule has 0 saturated carbocycles. The van der Waals surface area contributed by atoms with E-state index in [0.29, 0.717) is 6.42 Å². The molecule has 5 heteroatoms. The van der Waals surface area contributed by atoms with Crippen LogP contribution in [-0.4, -0.2) is 31.0 Å². The molecule has 0 aliphatic carbocycles. The molecule has 2 aromatic rings. The molecule has 2 aromatic heterocycles. The van der Waals surface area contributed by atoms with E-state index < -0.39 is 0 Å². The number of hydrogen-bond donors (Lipinski definition) is 1. The van der Waals surface area contributed by atoms with Crippen LogP contribution >= 0.6 is 0 Å². The van der Waals surface area contributed by atoms with Gasteiger partial charge in [-0.2, -0.15) is 0 Å². The predicted octanol–water partition coefficient (Wildman–Crippen LogP) is 0.647. The highest BCUT2D eigenvalue weighted by atomic mass is 16.3. The van der Waals surface area contributed by atoms with E-state index in [1.165, 1.54) is 0 Å². The zero-order chi connectivity index (χ0) is 11.0. The summed E-state index contributed by atoms with van der Waals surface area (Å²) >= 11 is 0. The van der Waals surface area contributed by atoms with Gasteiger partial charge in [0.1, 0.15) is 5.82 Å². The van der Waals surface area contributed by atoms with Crippen molar-refractivity contribution in [2.45, 2.75) is 25.5 Å². The Morgan fingerprint density at radius 3 is 2.88 bits per heavy atom. The van der Waals surface area contributed by atoms with Gasteiger partial charge in [0, 0.05) is 30.9 Å². The third-order valence-electron chi connectivity index (χ3n) is 2.87. The van der Waals surface area contributed by atoms with Crippen molar-refractivity contribution in [3.63, 3.8) is 0 Å². The van der Waals surface area contributed by atoms with E-state index in [2.05, 4.69) is 19.7 Å². The van der Waals surface area contributed by atoms with Crippen molar-refractivity contribution in [1.82, 2.24) is 19.7 Å². The molecule has 1 aliphatic heterocycles. The van der Waals surface area contributed by atoms with Crippen LogP contribution in [0.25, 0.3) is 11.4 Å². The van der Waals surface area contributed by atoms with Gasteiger partial charge in [-0.3, -0.25) is 4.98 Å². The average molecular weight is 216 g/mol. The van der Waals surface area contributed by atoms with Crippen LogP contribution in [0.4, 0.5) is 0 Å². The summed E-state index contributed by atoms with van der Waals surface area (Å²) in [7, 11) is 0. The molecular formula is C11H12N4O. The van der Waals surface area contributed by atoms with Crippen LogP contribution in [0, 0.1) is 0 Å². The Morgan fingerprint density at radius 2 is 2.06 bits per heavy atom. The second-order valence-corrected chi connectivity index (χ2v) is 3.97. The summed E-state index contributed by atoms with van der Waals surface area (Å²) in [4.78, 5) is 3.98. The molecule has 1 N–H and O–H groups in total. The van der Waals surface area contributed by atoms with Gasteiger partial charge in [0.2, 0.25) is 0 Å². The summed E-state index contributed by atoms with van der Waals surface area (Å²) in [6.45, 7) is 0.779. The molecule has 5 nitrogen and oxygen atoms in total. The van der Waals surface area contributed by atoms with Crippen LogP contribution in [0.5, 0.6) is 0 Å². The Kier molecular flexibility index (Phi) is 2.18. The molecule has 0 fully saturated rings. The van der Waals surface area contributed by atoms with Gasteiger partial charge in [-0.15, -0.1) is 10.2 Å². The van der Waals surface area contributed by atoms with Crippen LogP contribution in [0.2, 0.25) is 0 Å². The number of aliphatic hydroxyl groups excluding tert-OH is 1. The molecule has 0 radical (unpaired) electrons. The summed E-state index contributed by atoms with van der Waals surface area (Å²) in [5.74, 6) is 1.73. The maximum absolute atomic E-state index is 9.54. The van der Waals surface area contributed by atoms with Crippen molar-refractivity contribution < 1.29 is 5.11 Å². The molecule has 1 aliphatic rings. The summed E-state index contributed by atoms with van der Waals surface area (Å²) in [5.41, 5.74) is 1.02. The molecule has 0 amide bonds. The minimum atomic E-state index is -0.276. The number of hydrogen-bond acceptors (Lipinski definition) is 4. The smallest absolute Gasteiger partial charge is 0.164 e. The fraction of sp³-hybridized carbons (Fsp3) is 0.364. The lowest BCUT2D eigenvalue weighted by Gasteiger charge is -2.19. The second kappa shape index (κ2) is 3.68. The molecule has 0 saturated heterocycles. The lowest BCUT2D eigenvalue weighted by atomic mass is 10.1. The second-order valence-electron chi connectivity index (χ2n) is 3.97. The van der Waals surface area contributed by atoms with Crippen molar-refractivity contribution in [2.24, 2.45) is 0 Å². The number of aliphatic hydroxyl groups is 1. The quantitative estimate of drug-likeness (QED) is 0.760. The summed E-state index contributed by atoms with van der Waals surface area (Å²) in [6.07, 6.45) is 4.58. The number of pyridine rings is 1. The van der Waals surface area contributed by atoms with E-state index >= 15 is 0 Å². The number of aromatic nitrogens is 4. The van der Waals surface area contributed by atoms with Crippen molar-refractivity contribution in [3.8, 4) is 11.4 Å². The average Bonchev–Trinajstić information content (AvgIpc) is 2.73. The van der Waals surface area contributed by atoms with Crippen LogP contribution in [0.1, 0.15) is 12.2 Å². The number of nitrogens with zero attached hydrogens (tertiary/aromatic N) is 4. The lowest BCUT2D eigenvalue weighted by molar-refractivity contribution is 0.142. The molecule has 1 atom stereocenters. The normalized spacial score (nSPS) is 19.4. The highest BCUT2D eigenvalue weighted by Gasteiger charge is 2.21. The van der Waals surface area contributed by atoms with Crippen molar-refractivity contribution in [1.29, 1.82) is 0 Å². The maximum Gasteiger partial charge on any atom is 0.164 e. The fourth-order valence-corrected chi connectivity index (χ4v) is 2.03. The van der Waals surface area contributed by atoms with Gasteiger partial charge in [0.05, 0.1) is 6.10 Å². The molecule has 0 bridgehead atoms. The first-order chi connectivity index (χ1) is 7.84. The minimum Gasteiger partial charge on any atom is -0.393 e. The topological polar surface area (TPSA) is 63.8 Å².